The number of benzene rings is 2. The molecule has 0 saturated carbocycles. The van der Waals surface area contributed by atoms with Crippen molar-refractivity contribution in [1.29, 1.82) is 0 Å². The van der Waals surface area contributed by atoms with Crippen molar-refractivity contribution in [3.8, 4) is 11.8 Å². The van der Waals surface area contributed by atoms with Crippen molar-refractivity contribution in [1.82, 2.24) is 4.90 Å². The maximum absolute atomic E-state index is 7.50. The van der Waals surface area contributed by atoms with Crippen molar-refractivity contribution in [3.63, 3.8) is 0 Å². The van der Waals surface area contributed by atoms with Crippen molar-refractivity contribution in [2.24, 2.45) is 0 Å². The molecule has 5 rings (SSSR count). The van der Waals surface area contributed by atoms with Crippen LogP contribution in [0.4, 0.5) is 0 Å². The molecule has 2 aliphatic carbocycles. The first-order valence-corrected chi connectivity index (χ1v) is 13.5. The van der Waals surface area contributed by atoms with Crippen LogP contribution in [0.3, 0.4) is 0 Å². The first-order chi connectivity index (χ1) is 21.8. The molecule has 6 nitrogen and oxygen atoms in total. The Kier molecular flexibility index (Phi) is 31.9. The van der Waals surface area contributed by atoms with E-state index in [1.54, 1.807) is 0 Å². The van der Waals surface area contributed by atoms with Crippen molar-refractivity contribution in [2.45, 2.75) is 25.8 Å². The van der Waals surface area contributed by atoms with E-state index in [1.165, 1.54) is 35.2 Å². The minimum Gasteiger partial charge on any atom is -0.0767 e. The Morgan fingerprint density at radius 3 is 1.73 bits per heavy atom. The van der Waals surface area contributed by atoms with Gasteiger partial charge in [-0.1, -0.05) is 24.3 Å². The van der Waals surface area contributed by atoms with E-state index in [9.17, 15) is 0 Å². The van der Waals surface area contributed by atoms with E-state index in [4.69, 9.17) is 23.3 Å². The van der Waals surface area contributed by atoms with Crippen molar-refractivity contribution in [3.05, 3.63) is 172 Å². The summed E-state index contributed by atoms with van der Waals surface area (Å²) in [5, 5.41) is 0. The van der Waals surface area contributed by atoms with Crippen molar-refractivity contribution < 1.29 is 56.2 Å². The summed E-state index contributed by atoms with van der Waals surface area (Å²) >= 11 is 3.28. The van der Waals surface area contributed by atoms with Gasteiger partial charge < -0.3 is 0 Å². The summed E-state index contributed by atoms with van der Waals surface area (Å²) in [7, 11) is 0. The number of hydrogen-bond donors (Lipinski definition) is 0. The topological polar surface area (TPSA) is 103 Å². The van der Waals surface area contributed by atoms with Crippen LogP contribution < -0.4 is 0 Å². The second-order valence-electron chi connectivity index (χ2n) is 8.20. The molecule has 0 aromatic heterocycles. The molecule has 0 amide bonds. The first-order valence-electron chi connectivity index (χ1n) is 12.9. The summed E-state index contributed by atoms with van der Waals surface area (Å²) in [5.41, 5.74) is 6.24. The number of hydrogen-bond acceptors (Lipinski definition) is 1. The van der Waals surface area contributed by atoms with Crippen LogP contribution in [0.2, 0.25) is 0 Å². The molecule has 2 radical (unpaired) electrons. The third kappa shape index (κ3) is 15.6. The molecule has 1 unspecified atom stereocenters. The zero-order chi connectivity index (χ0) is 33.6. The van der Waals surface area contributed by atoms with E-state index in [-0.39, 0.29) is 23.1 Å². The zero-order valence-electron chi connectivity index (χ0n) is 24.4. The Balaban J connectivity index is -0.000000941. The van der Waals surface area contributed by atoms with Gasteiger partial charge in [-0.05, 0) is 0 Å². The van der Waals surface area contributed by atoms with Crippen LogP contribution in [-0.4, -0.2) is 15.8 Å². The Morgan fingerprint density at radius 1 is 0.756 bits per heavy atom. The van der Waals surface area contributed by atoms with Gasteiger partial charge in [-0.15, -0.1) is 0 Å². The van der Waals surface area contributed by atoms with E-state index >= 15 is 0 Å². The van der Waals surface area contributed by atoms with E-state index in [0.717, 1.165) is 16.5 Å². The molecule has 0 bridgehead atoms. The summed E-state index contributed by atoms with van der Waals surface area (Å²) in [6, 6.07) is 21.7. The molecule has 3 aliphatic rings. The fraction of sp³-hybridized carbons (Fsp3) is 0.135. The fourth-order valence-electron chi connectivity index (χ4n) is 4.18. The van der Waals surface area contributed by atoms with Crippen LogP contribution in [0.25, 0.3) is 5.70 Å². The van der Waals surface area contributed by atoms with Gasteiger partial charge in [0, 0.05) is 23.5 Å². The van der Waals surface area contributed by atoms with Crippen LogP contribution in [-0.2, 0) is 56.2 Å². The van der Waals surface area contributed by atoms with E-state index in [2.05, 4.69) is 146 Å². The van der Waals surface area contributed by atoms with Gasteiger partial charge in [-0.25, -0.2) is 0 Å². The summed E-state index contributed by atoms with van der Waals surface area (Å²) in [6.45, 7) is 25.8. The molecule has 226 valence electrons. The molecule has 0 N–H and O–H groups in total. The molecule has 8 heteroatoms. The zero-order valence-corrected chi connectivity index (χ0v) is 26.8. The number of rotatable bonds is 6. The second-order valence-corrected chi connectivity index (χ2v) is 8.84. The molecule has 1 aliphatic heterocycles. The van der Waals surface area contributed by atoms with Crippen LogP contribution in [0.1, 0.15) is 36.9 Å². The van der Waals surface area contributed by atoms with Gasteiger partial charge in [-0.2, -0.15) is 0 Å². The van der Waals surface area contributed by atoms with Crippen LogP contribution in [0.5, 0.6) is 0 Å². The van der Waals surface area contributed by atoms with Gasteiger partial charge in [-0.3, -0.25) is 0 Å². The van der Waals surface area contributed by atoms with Crippen molar-refractivity contribution in [2.75, 3.05) is 6.54 Å². The second kappa shape index (κ2) is 31.5. The minimum absolute atomic E-state index is 0. The van der Waals surface area contributed by atoms with Gasteiger partial charge in [0.1, 0.15) is 0 Å². The van der Waals surface area contributed by atoms with Gasteiger partial charge in [0.2, 0.25) is 0 Å². The largest absolute Gasteiger partial charge is 0.0767 e. The van der Waals surface area contributed by atoms with Gasteiger partial charge >= 0.3 is 239 Å². The van der Waals surface area contributed by atoms with Crippen LogP contribution in [0, 0.1) is 57.9 Å². The molecule has 2 aromatic rings. The Morgan fingerprint density at radius 2 is 1.29 bits per heavy atom. The average molecular weight is 675 g/mol. The van der Waals surface area contributed by atoms with E-state index in [1.807, 2.05) is 43.2 Å². The minimum atomic E-state index is 0. The third-order valence-electron chi connectivity index (χ3n) is 5.83. The molecule has 0 spiro atoms. The summed E-state index contributed by atoms with van der Waals surface area (Å²) < 4.78 is 38.5. The summed E-state index contributed by atoms with van der Waals surface area (Å²) in [4.78, 5) is 2.55. The smallest absolute Gasteiger partial charge is 0.00506 e. The third-order valence-corrected chi connectivity index (χ3v) is 6.33. The molecule has 45 heavy (non-hydrogen) atoms. The maximum atomic E-state index is 7.50. The van der Waals surface area contributed by atoms with Crippen LogP contribution >= 0.6 is 0 Å². The molecule has 0 fully saturated rings. The van der Waals surface area contributed by atoms with Gasteiger partial charge in [0.25, 0.3) is 0 Å². The number of allylic oxidation sites excluding steroid dienone is 8. The standard InChI is InChI=1S/C27H24N.C5H5.5CO.Cr.Fe/c1-2-3-21-28-26(23-16-6-4-7-17-23)25(20-12-15-22-13-10-11-14-22)27(28)24-18-8-5-9-19-24;1-2-4-5-3-1;5*1-2;;/h4-11,13-14,16-19,26H,2-3,21H2,1H3;1-5H;;;;;;;. The normalized spacial score (nSPS) is 13.4. The van der Waals surface area contributed by atoms with Crippen molar-refractivity contribution >= 4 is 10.1 Å². The SMILES string of the molecule is CCCCN1C(c2ccccc2)=C([C](=[Cr])C#CC2=C[CH]C=C2)C1c1ccccc1.[C-]#[O+].[C-]#[O+].[C-]#[O+].[C-]#[O+].[C-]#[O+].[CH]1C=CC=C1.[Fe]. The molecule has 0 saturated heterocycles. The first kappa shape index (κ1) is 45.5. The Labute approximate surface area is 285 Å². The quantitative estimate of drug-likeness (QED) is 0.143. The van der Waals surface area contributed by atoms with E-state index in [0.29, 0.717) is 0 Å². The summed E-state index contributed by atoms with van der Waals surface area (Å²) in [6.07, 6.45) is 20.5. The molecular formula is C37H29CrFeNO5. The molecule has 1 atom stereocenters. The van der Waals surface area contributed by atoms with Gasteiger partial charge in [0.05, 0.1) is 0 Å². The maximum Gasteiger partial charge on any atom is 0.00506 e. The molecule has 2 aromatic carbocycles. The average Bonchev–Trinajstić information content (AvgIpc) is 3.87. The predicted molar refractivity (Wildman–Crippen MR) is 161 cm³/mol. The van der Waals surface area contributed by atoms with E-state index < -0.39 is 0 Å². The molecule has 1 heterocycles. The Hall–Kier alpha value is -3.88. The Bertz CT molecular complexity index is 1410. The summed E-state index contributed by atoms with van der Waals surface area (Å²) in [5.74, 6) is 6.69. The van der Waals surface area contributed by atoms with Gasteiger partial charge in [0.15, 0.2) is 0 Å². The molecular weight excluding hydrogens is 646 g/mol. The number of nitrogens with zero attached hydrogens (tertiary/aromatic N) is 1. The monoisotopic (exact) mass is 675 g/mol. The predicted octanol–water partition coefficient (Wildman–Crippen LogP) is 6.80. The van der Waals surface area contributed by atoms with Crippen LogP contribution in [0.15, 0.2) is 114 Å². The number of unbranched alkanes of at least 4 members (excludes halogenated alkanes) is 1. The fourth-order valence-corrected chi connectivity index (χ4v) is 4.58.